The van der Waals surface area contributed by atoms with Gasteiger partial charge in [-0.3, -0.25) is 0 Å². The molecule has 1 aromatic carbocycles. The first-order valence-electron chi connectivity index (χ1n) is 10.7. The fourth-order valence-corrected chi connectivity index (χ4v) is 6.70. The first-order valence-corrected chi connectivity index (χ1v) is 10.7. The molecule has 5 heteroatoms. The van der Waals surface area contributed by atoms with Gasteiger partial charge in [-0.15, -0.1) is 0 Å². The number of aromatic hydroxyl groups is 1. The van der Waals surface area contributed by atoms with Crippen molar-refractivity contribution >= 4 is 0 Å². The van der Waals surface area contributed by atoms with Gasteiger partial charge in [-0.25, -0.2) is 0 Å². The number of aliphatic hydroxyl groups excluding tert-OH is 1. The molecule has 2 heterocycles. The summed E-state index contributed by atoms with van der Waals surface area (Å²) in [5.74, 6) is 1.56. The molecule has 4 aliphatic rings. The number of ether oxygens (including phenoxy) is 2. The van der Waals surface area contributed by atoms with Crippen molar-refractivity contribution in [1.29, 1.82) is 0 Å². The molecule has 0 amide bonds. The lowest BCUT2D eigenvalue weighted by Gasteiger charge is -2.50. The molecule has 2 aliphatic heterocycles. The van der Waals surface area contributed by atoms with E-state index in [2.05, 4.69) is 27.7 Å². The Morgan fingerprint density at radius 3 is 2.48 bits per heavy atom. The average molecular weight is 401 g/mol. The van der Waals surface area contributed by atoms with Crippen molar-refractivity contribution in [3.63, 3.8) is 0 Å². The molecule has 0 aromatic heterocycles. The van der Waals surface area contributed by atoms with Crippen LogP contribution in [0.3, 0.4) is 0 Å². The number of fused-ring (bicyclic) bond motifs is 4. The highest BCUT2D eigenvalue weighted by molar-refractivity contribution is 5.61. The van der Waals surface area contributed by atoms with Gasteiger partial charge in [0.15, 0.2) is 0 Å². The van der Waals surface area contributed by atoms with Crippen molar-refractivity contribution in [2.45, 2.75) is 89.3 Å². The number of benzene rings is 1. The zero-order chi connectivity index (χ0) is 21.1. The van der Waals surface area contributed by atoms with Crippen LogP contribution in [0.5, 0.6) is 11.5 Å². The van der Waals surface area contributed by atoms with E-state index in [-0.39, 0.29) is 35.1 Å². The summed E-state index contributed by atoms with van der Waals surface area (Å²) in [6.07, 6.45) is 1.65. The van der Waals surface area contributed by atoms with E-state index in [1.807, 2.05) is 6.92 Å². The van der Waals surface area contributed by atoms with Gasteiger partial charge in [0.25, 0.3) is 0 Å². The van der Waals surface area contributed by atoms with Gasteiger partial charge in [-0.1, -0.05) is 0 Å². The Labute approximate surface area is 172 Å². The van der Waals surface area contributed by atoms with Crippen molar-refractivity contribution in [3.8, 4) is 11.5 Å². The highest BCUT2D eigenvalue weighted by Gasteiger charge is 2.62. The zero-order valence-electron chi connectivity index (χ0n) is 18.1. The maximum atomic E-state index is 10.8. The molecule has 0 radical (unpaired) electrons. The lowest BCUT2D eigenvalue weighted by molar-refractivity contribution is -0.0839. The van der Waals surface area contributed by atoms with Crippen molar-refractivity contribution < 1.29 is 24.8 Å². The van der Waals surface area contributed by atoms with E-state index < -0.39 is 11.7 Å². The lowest BCUT2D eigenvalue weighted by Crippen LogP contribution is -2.52. The normalized spacial score (nSPS) is 41.0. The van der Waals surface area contributed by atoms with E-state index >= 15 is 0 Å². The van der Waals surface area contributed by atoms with Crippen molar-refractivity contribution in [2.24, 2.45) is 11.8 Å². The summed E-state index contributed by atoms with van der Waals surface area (Å²) < 4.78 is 13.0. The number of phenols is 1. The van der Waals surface area contributed by atoms with E-state index in [1.165, 1.54) is 0 Å². The molecule has 0 unspecified atom stereocenters. The molecule has 5 nitrogen and oxygen atoms in total. The van der Waals surface area contributed by atoms with E-state index in [0.29, 0.717) is 12.2 Å². The van der Waals surface area contributed by atoms with Crippen LogP contribution in [0.1, 0.15) is 63.6 Å². The lowest BCUT2D eigenvalue weighted by atomic mass is 9.57. The maximum Gasteiger partial charge on any atom is 0.127 e. The minimum Gasteiger partial charge on any atom is -0.508 e. The van der Waals surface area contributed by atoms with Crippen LogP contribution in [0.4, 0.5) is 0 Å². The molecule has 158 valence electrons. The molecule has 1 aromatic rings. The topological polar surface area (TPSA) is 79.2 Å². The molecule has 1 saturated heterocycles. The first kappa shape index (κ1) is 19.4. The molecule has 3 N–H and O–H groups in total. The summed E-state index contributed by atoms with van der Waals surface area (Å²) >= 11 is 0. The molecule has 6 atom stereocenters. The van der Waals surface area contributed by atoms with Gasteiger partial charge in [0, 0.05) is 29.4 Å². The van der Waals surface area contributed by atoms with E-state index in [1.54, 1.807) is 19.1 Å². The fraction of sp³-hybridized carbons (Fsp3) is 0.667. The van der Waals surface area contributed by atoms with Crippen molar-refractivity contribution in [2.75, 3.05) is 0 Å². The van der Waals surface area contributed by atoms with Crippen molar-refractivity contribution in [3.05, 3.63) is 34.4 Å². The predicted octanol–water partition coefficient (Wildman–Crippen LogP) is 3.36. The molecule has 29 heavy (non-hydrogen) atoms. The van der Waals surface area contributed by atoms with Crippen LogP contribution in [0.15, 0.2) is 17.7 Å². The predicted molar refractivity (Wildman–Crippen MR) is 109 cm³/mol. The highest BCUT2D eigenvalue weighted by Crippen LogP contribution is 2.64. The Morgan fingerprint density at radius 1 is 1.10 bits per heavy atom. The van der Waals surface area contributed by atoms with Gasteiger partial charge in [-0.2, -0.15) is 0 Å². The minimum atomic E-state index is -1.23. The smallest absolute Gasteiger partial charge is 0.127 e. The molecule has 1 fully saturated rings. The second-order valence-electron chi connectivity index (χ2n) is 10.8. The summed E-state index contributed by atoms with van der Waals surface area (Å²) in [7, 11) is 0. The number of phenolic OH excluding ortho intramolecular Hbond substituents is 1. The Kier molecular flexibility index (Phi) is 3.73. The van der Waals surface area contributed by atoms with Gasteiger partial charge >= 0.3 is 0 Å². The minimum absolute atomic E-state index is 0.00850. The van der Waals surface area contributed by atoms with Crippen molar-refractivity contribution in [1.82, 2.24) is 0 Å². The Hall–Kier alpha value is -1.56. The fourth-order valence-electron chi connectivity index (χ4n) is 6.70. The molecule has 2 aliphatic carbocycles. The number of hydrogen-bond donors (Lipinski definition) is 3. The molecule has 5 rings (SSSR count). The summed E-state index contributed by atoms with van der Waals surface area (Å²) in [6, 6.07) is 1.80. The third kappa shape index (κ3) is 2.50. The average Bonchev–Trinajstić information content (AvgIpc) is 2.77. The van der Waals surface area contributed by atoms with Crippen LogP contribution in [0, 0.1) is 18.8 Å². The molecule has 0 bridgehead atoms. The van der Waals surface area contributed by atoms with Gasteiger partial charge in [0.2, 0.25) is 0 Å². The summed E-state index contributed by atoms with van der Waals surface area (Å²) in [6.45, 7) is 12.2. The molecule has 0 saturated carbocycles. The summed E-state index contributed by atoms with van der Waals surface area (Å²) in [5, 5.41) is 32.2. The standard InChI is InChI=1S/C24H32O5/c1-11-7-15(25)12-8-14-20(23(4,5)29-22(14,2)3)18-13-9-17(26)24(6,27)10-16(13)28-21(11)19(12)18/h7,9,14,16-18,20,25-27H,8,10H2,1-6H3/t14-,16-,17+,18-,20+,24+/m0/s1. The largest absolute Gasteiger partial charge is 0.508 e. The number of hydrogen-bond acceptors (Lipinski definition) is 5. The van der Waals surface area contributed by atoms with Crippen LogP contribution in [-0.2, 0) is 11.2 Å². The Morgan fingerprint density at radius 2 is 1.79 bits per heavy atom. The van der Waals surface area contributed by atoms with Crippen LogP contribution < -0.4 is 4.74 Å². The van der Waals surface area contributed by atoms with Crippen LogP contribution >= 0.6 is 0 Å². The van der Waals surface area contributed by atoms with Gasteiger partial charge < -0.3 is 24.8 Å². The van der Waals surface area contributed by atoms with Gasteiger partial charge in [0.1, 0.15) is 23.7 Å². The third-order valence-corrected chi connectivity index (χ3v) is 7.92. The molecular formula is C24H32O5. The Bertz CT molecular complexity index is 926. The van der Waals surface area contributed by atoms with Gasteiger partial charge in [0.05, 0.1) is 16.8 Å². The second-order valence-corrected chi connectivity index (χ2v) is 10.8. The number of rotatable bonds is 0. The van der Waals surface area contributed by atoms with Gasteiger partial charge in [-0.05, 0) is 77.2 Å². The van der Waals surface area contributed by atoms with E-state index in [4.69, 9.17) is 9.47 Å². The molecule has 0 spiro atoms. The first-order chi connectivity index (χ1) is 13.3. The maximum absolute atomic E-state index is 10.8. The van der Waals surface area contributed by atoms with Crippen LogP contribution in [0.2, 0.25) is 0 Å². The van der Waals surface area contributed by atoms with E-state index in [9.17, 15) is 15.3 Å². The summed E-state index contributed by atoms with van der Waals surface area (Å²) in [5.41, 5.74) is 2.01. The molecular weight excluding hydrogens is 368 g/mol. The third-order valence-electron chi connectivity index (χ3n) is 7.92. The monoisotopic (exact) mass is 400 g/mol. The quantitative estimate of drug-likeness (QED) is 0.582. The van der Waals surface area contributed by atoms with E-state index in [0.717, 1.165) is 34.4 Å². The van der Waals surface area contributed by atoms with Crippen LogP contribution in [0.25, 0.3) is 0 Å². The zero-order valence-corrected chi connectivity index (χ0v) is 18.1. The number of aryl methyl sites for hydroxylation is 1. The highest BCUT2D eigenvalue weighted by atomic mass is 16.5. The summed E-state index contributed by atoms with van der Waals surface area (Å²) in [4.78, 5) is 0. The Balaban J connectivity index is 1.79. The van der Waals surface area contributed by atoms with Crippen LogP contribution in [-0.4, -0.2) is 44.3 Å². The SMILES string of the molecule is Cc1cc(O)c2c3c1O[C@H]1C[C@@](C)(O)[C@H](O)C=C1[C@@H]3[C@H]1[C@H](C2)C(C)(C)OC1(C)C. The number of aliphatic hydroxyl groups is 2. The second kappa shape index (κ2) is 5.57.